The zero-order valence-corrected chi connectivity index (χ0v) is 19.9. The third-order valence-corrected chi connectivity index (χ3v) is 5.99. The Morgan fingerprint density at radius 3 is 2.42 bits per heavy atom. The van der Waals surface area contributed by atoms with Gasteiger partial charge in [0.25, 0.3) is 5.91 Å². The van der Waals surface area contributed by atoms with Crippen LogP contribution >= 0.6 is 0 Å². The van der Waals surface area contributed by atoms with Gasteiger partial charge in [0.1, 0.15) is 18.9 Å². The minimum absolute atomic E-state index is 0.125. The highest BCUT2D eigenvalue weighted by molar-refractivity contribution is 6.00. The fraction of sp³-hybridized carbons (Fsp3) is 0.214. The van der Waals surface area contributed by atoms with Crippen LogP contribution in [0.3, 0.4) is 0 Å². The van der Waals surface area contributed by atoms with Gasteiger partial charge in [-0.1, -0.05) is 71.0 Å². The van der Waals surface area contributed by atoms with E-state index in [4.69, 9.17) is 14.1 Å². The van der Waals surface area contributed by atoms with Crippen LogP contribution in [0.25, 0.3) is 11.1 Å². The molecule has 1 aliphatic rings. The number of para-hydroxylation sites is 1. The number of hydrogen-bond donors (Lipinski definition) is 0. The summed E-state index contributed by atoms with van der Waals surface area (Å²) >= 11 is 0. The van der Waals surface area contributed by atoms with Gasteiger partial charge in [-0.25, -0.2) is 0 Å². The highest BCUT2D eigenvalue weighted by Gasteiger charge is 2.37. The van der Waals surface area contributed by atoms with Gasteiger partial charge in [0.05, 0.1) is 25.3 Å². The van der Waals surface area contributed by atoms with Gasteiger partial charge >= 0.3 is 0 Å². The first kappa shape index (κ1) is 23.3. The molecule has 1 atom stereocenters. The average Bonchev–Trinajstić information content (AvgIpc) is 3.57. The summed E-state index contributed by atoms with van der Waals surface area (Å²) in [5.41, 5.74) is 3.47. The summed E-state index contributed by atoms with van der Waals surface area (Å²) in [7, 11) is 1.49. The van der Waals surface area contributed by atoms with Crippen molar-refractivity contribution in [1.82, 2.24) is 15.0 Å². The van der Waals surface area contributed by atoms with Crippen molar-refractivity contribution < 1.29 is 18.9 Å². The van der Waals surface area contributed by atoms with Crippen molar-refractivity contribution in [1.29, 1.82) is 0 Å². The smallest absolute Gasteiger partial charge is 0.254 e. The molecule has 8 nitrogen and oxygen atoms in total. The van der Waals surface area contributed by atoms with Gasteiger partial charge in [0, 0.05) is 12.0 Å². The largest absolute Gasteiger partial charge is 0.493 e. The SMILES string of the molecule is CO/N=C1/C[C@@H](c2noc(CCOc3ccccc3)n2)N(C(=O)c2ccc(-c3ccccc3)cc2)C1. The second-order valence-electron chi connectivity index (χ2n) is 8.39. The number of carbonyl (C=O) groups is 1. The number of benzene rings is 3. The zero-order chi connectivity index (χ0) is 24.7. The van der Waals surface area contributed by atoms with Gasteiger partial charge in [0.2, 0.25) is 5.89 Å². The first-order valence-electron chi connectivity index (χ1n) is 11.8. The van der Waals surface area contributed by atoms with Crippen LogP contribution in [0.4, 0.5) is 0 Å². The molecule has 0 N–H and O–H groups in total. The standard InChI is InChI=1S/C28H26N4O4/c1-34-30-23-18-25(27-29-26(36-31-27)16-17-35-24-10-6-3-7-11-24)32(19-23)28(33)22-14-12-21(13-15-22)20-8-4-2-5-9-20/h2-15,25H,16-19H2,1H3/b30-23-/t25-/m0/s1. The minimum Gasteiger partial charge on any atom is -0.493 e. The van der Waals surface area contributed by atoms with Gasteiger partial charge < -0.3 is 19.0 Å². The molecule has 1 aliphatic heterocycles. The van der Waals surface area contributed by atoms with Crippen molar-refractivity contribution in [2.45, 2.75) is 18.9 Å². The Hall–Kier alpha value is -4.46. The van der Waals surface area contributed by atoms with Crippen LogP contribution in [-0.2, 0) is 11.3 Å². The maximum Gasteiger partial charge on any atom is 0.254 e. The van der Waals surface area contributed by atoms with Crippen LogP contribution in [0.5, 0.6) is 5.75 Å². The molecule has 0 saturated carbocycles. The molecule has 182 valence electrons. The predicted molar refractivity (Wildman–Crippen MR) is 135 cm³/mol. The molecule has 0 aliphatic carbocycles. The Bertz CT molecular complexity index is 1320. The number of hydrogen-bond acceptors (Lipinski definition) is 7. The minimum atomic E-state index is -0.396. The molecule has 36 heavy (non-hydrogen) atoms. The van der Waals surface area contributed by atoms with Crippen molar-refractivity contribution in [2.24, 2.45) is 5.16 Å². The highest BCUT2D eigenvalue weighted by atomic mass is 16.6. The molecule has 0 spiro atoms. The van der Waals surface area contributed by atoms with E-state index < -0.39 is 6.04 Å². The average molecular weight is 483 g/mol. The van der Waals surface area contributed by atoms with Gasteiger partial charge in [-0.2, -0.15) is 4.98 Å². The van der Waals surface area contributed by atoms with E-state index in [0.29, 0.717) is 43.3 Å². The Morgan fingerprint density at radius 1 is 1.00 bits per heavy atom. The van der Waals surface area contributed by atoms with E-state index >= 15 is 0 Å². The van der Waals surface area contributed by atoms with Crippen molar-refractivity contribution in [2.75, 3.05) is 20.3 Å². The van der Waals surface area contributed by atoms with E-state index in [9.17, 15) is 4.79 Å². The second kappa shape index (κ2) is 10.9. The lowest BCUT2D eigenvalue weighted by Gasteiger charge is -2.21. The molecule has 0 bridgehead atoms. The summed E-state index contributed by atoms with van der Waals surface area (Å²) in [5, 5.41) is 8.25. The van der Waals surface area contributed by atoms with Crippen LogP contribution in [0.1, 0.15) is 34.5 Å². The first-order valence-corrected chi connectivity index (χ1v) is 11.8. The van der Waals surface area contributed by atoms with E-state index in [-0.39, 0.29) is 5.91 Å². The molecular weight excluding hydrogens is 456 g/mol. The summed E-state index contributed by atoms with van der Waals surface area (Å²) in [6.45, 7) is 0.738. The maximum absolute atomic E-state index is 13.5. The number of likely N-dealkylation sites (tertiary alicyclic amines) is 1. The van der Waals surface area contributed by atoms with Crippen LogP contribution < -0.4 is 4.74 Å². The van der Waals surface area contributed by atoms with Crippen molar-refractivity contribution in [3.63, 3.8) is 0 Å². The molecule has 0 radical (unpaired) electrons. The molecule has 1 saturated heterocycles. The predicted octanol–water partition coefficient (Wildman–Crippen LogP) is 4.95. The first-order chi connectivity index (χ1) is 17.7. The summed E-state index contributed by atoms with van der Waals surface area (Å²) in [6, 6.07) is 26.8. The van der Waals surface area contributed by atoms with Gasteiger partial charge in [-0.15, -0.1) is 0 Å². The number of aromatic nitrogens is 2. The quantitative estimate of drug-likeness (QED) is 0.330. The third-order valence-electron chi connectivity index (χ3n) is 5.99. The third kappa shape index (κ3) is 5.27. The van der Waals surface area contributed by atoms with Gasteiger partial charge in [-0.3, -0.25) is 4.79 Å². The second-order valence-corrected chi connectivity index (χ2v) is 8.39. The molecular formula is C28H26N4O4. The lowest BCUT2D eigenvalue weighted by Crippen LogP contribution is -2.31. The Labute approximate surface area is 209 Å². The fourth-order valence-electron chi connectivity index (χ4n) is 4.22. The molecule has 1 amide bonds. The van der Waals surface area contributed by atoms with Crippen LogP contribution in [0.2, 0.25) is 0 Å². The summed E-state index contributed by atoms with van der Waals surface area (Å²) in [5.74, 6) is 1.56. The molecule has 5 rings (SSSR count). The summed E-state index contributed by atoms with van der Waals surface area (Å²) < 4.78 is 11.2. The van der Waals surface area contributed by atoms with E-state index in [1.165, 1.54) is 7.11 Å². The summed E-state index contributed by atoms with van der Waals surface area (Å²) in [4.78, 5) is 24.7. The molecule has 1 fully saturated rings. The van der Waals surface area contributed by atoms with Crippen LogP contribution in [0.15, 0.2) is 94.6 Å². The van der Waals surface area contributed by atoms with Gasteiger partial charge in [0.15, 0.2) is 5.82 Å². The van der Waals surface area contributed by atoms with Gasteiger partial charge in [-0.05, 0) is 35.4 Å². The summed E-state index contributed by atoms with van der Waals surface area (Å²) in [6.07, 6.45) is 0.934. The number of amides is 1. The molecule has 8 heteroatoms. The number of nitrogens with zero attached hydrogens (tertiary/aromatic N) is 4. The Kier molecular flexibility index (Phi) is 7.02. The van der Waals surface area contributed by atoms with Crippen molar-refractivity contribution in [3.05, 3.63) is 102 Å². The van der Waals surface area contributed by atoms with Crippen molar-refractivity contribution >= 4 is 11.6 Å². The molecule has 3 aromatic carbocycles. The highest BCUT2D eigenvalue weighted by Crippen LogP contribution is 2.31. The molecule has 0 unspecified atom stereocenters. The normalized spacial score (nSPS) is 16.3. The van der Waals surface area contributed by atoms with E-state index in [1.54, 1.807) is 4.90 Å². The lowest BCUT2D eigenvalue weighted by atomic mass is 10.0. The Balaban J connectivity index is 1.30. The zero-order valence-electron chi connectivity index (χ0n) is 19.9. The number of ether oxygens (including phenoxy) is 1. The number of rotatable bonds is 8. The number of carbonyl (C=O) groups excluding carboxylic acids is 1. The molecule has 2 heterocycles. The topological polar surface area (TPSA) is 90.1 Å². The maximum atomic E-state index is 13.5. The monoisotopic (exact) mass is 482 g/mol. The molecule has 1 aromatic heterocycles. The van der Waals surface area contributed by atoms with Crippen molar-refractivity contribution in [3.8, 4) is 16.9 Å². The van der Waals surface area contributed by atoms with E-state index in [0.717, 1.165) is 22.6 Å². The molecule has 4 aromatic rings. The lowest BCUT2D eigenvalue weighted by molar-refractivity contribution is 0.0732. The van der Waals surface area contributed by atoms with Crippen LogP contribution in [0, 0.1) is 0 Å². The number of oxime groups is 1. The fourth-order valence-corrected chi connectivity index (χ4v) is 4.22. The van der Waals surface area contributed by atoms with E-state index in [2.05, 4.69) is 15.3 Å². The van der Waals surface area contributed by atoms with Crippen LogP contribution in [-0.4, -0.2) is 46.9 Å². The van der Waals surface area contributed by atoms with E-state index in [1.807, 2.05) is 84.9 Å². The Morgan fingerprint density at radius 2 is 1.69 bits per heavy atom.